The van der Waals surface area contributed by atoms with Crippen molar-refractivity contribution in [3.8, 4) is 0 Å². The van der Waals surface area contributed by atoms with Crippen molar-refractivity contribution in [2.75, 3.05) is 31.6 Å². The highest BCUT2D eigenvalue weighted by atomic mass is 15.1. The van der Waals surface area contributed by atoms with Crippen molar-refractivity contribution in [3.63, 3.8) is 0 Å². The number of benzene rings is 1. The Bertz CT molecular complexity index is 460. The second kappa shape index (κ2) is 6.39. The summed E-state index contributed by atoms with van der Waals surface area (Å²) in [5.74, 6) is 0.920. The highest BCUT2D eigenvalue weighted by molar-refractivity contribution is 5.55. The zero-order valence-corrected chi connectivity index (χ0v) is 13.7. The van der Waals surface area contributed by atoms with Gasteiger partial charge in [0, 0.05) is 30.7 Å². The highest BCUT2D eigenvalue weighted by Crippen LogP contribution is 2.41. The van der Waals surface area contributed by atoms with Gasteiger partial charge in [0.2, 0.25) is 0 Å². The summed E-state index contributed by atoms with van der Waals surface area (Å²) < 4.78 is 0. The van der Waals surface area contributed by atoms with E-state index in [1.807, 2.05) is 0 Å². The van der Waals surface area contributed by atoms with Crippen LogP contribution >= 0.6 is 0 Å². The van der Waals surface area contributed by atoms with Crippen LogP contribution in [0.25, 0.3) is 0 Å². The van der Waals surface area contributed by atoms with Crippen molar-refractivity contribution in [1.82, 2.24) is 5.32 Å². The molecule has 0 atom stereocenters. The molecular weight excluding hydrogens is 256 g/mol. The van der Waals surface area contributed by atoms with Gasteiger partial charge in [-0.15, -0.1) is 0 Å². The van der Waals surface area contributed by atoms with Crippen molar-refractivity contribution in [2.45, 2.75) is 45.4 Å². The van der Waals surface area contributed by atoms with Crippen molar-refractivity contribution >= 4 is 5.69 Å². The molecule has 0 saturated heterocycles. The highest BCUT2D eigenvalue weighted by Gasteiger charge is 2.36. The van der Waals surface area contributed by atoms with Crippen molar-refractivity contribution < 1.29 is 0 Å². The van der Waals surface area contributed by atoms with Crippen LogP contribution in [0.15, 0.2) is 24.3 Å². The largest absolute Gasteiger partial charge is 0.371 e. The Kier molecular flexibility index (Phi) is 4.54. The monoisotopic (exact) mass is 286 g/mol. The van der Waals surface area contributed by atoms with E-state index < -0.39 is 0 Å². The molecule has 1 heterocycles. The van der Waals surface area contributed by atoms with Gasteiger partial charge in [0.05, 0.1) is 0 Å². The maximum absolute atomic E-state index is 3.48. The third kappa shape index (κ3) is 3.26. The summed E-state index contributed by atoms with van der Waals surface area (Å²) in [7, 11) is 2.12. The normalized spacial score (nSPS) is 29.2. The minimum atomic E-state index is 0.478. The Morgan fingerprint density at radius 3 is 2.76 bits per heavy atom. The fraction of sp³-hybridized carbons (Fsp3) is 0.684. The van der Waals surface area contributed by atoms with E-state index in [0.29, 0.717) is 5.41 Å². The van der Waals surface area contributed by atoms with Crippen LogP contribution in [0.1, 0.15) is 44.6 Å². The lowest BCUT2D eigenvalue weighted by molar-refractivity contribution is 0.158. The molecule has 116 valence electrons. The van der Waals surface area contributed by atoms with Crippen LogP contribution in [-0.4, -0.2) is 26.7 Å². The molecule has 1 aliphatic heterocycles. The molecule has 3 rings (SSSR count). The topological polar surface area (TPSA) is 15.3 Å². The van der Waals surface area contributed by atoms with Crippen LogP contribution in [0, 0.1) is 11.3 Å². The molecule has 0 bridgehead atoms. The summed E-state index contributed by atoms with van der Waals surface area (Å²) in [5, 5.41) is 3.48. The number of nitrogens with zero attached hydrogens (tertiary/aromatic N) is 1. The van der Waals surface area contributed by atoms with E-state index in [9.17, 15) is 0 Å². The number of hydrogen-bond donors (Lipinski definition) is 1. The maximum atomic E-state index is 3.48. The lowest BCUT2D eigenvalue weighted by Crippen LogP contribution is -2.47. The zero-order chi connectivity index (χ0) is 14.7. The Morgan fingerprint density at radius 2 is 2.00 bits per heavy atom. The SMILES string of the molecule is CNCC1(CN2CCCc3ccccc32)CCC(C)CC1. The van der Waals surface area contributed by atoms with E-state index in [0.717, 1.165) is 5.92 Å². The van der Waals surface area contributed by atoms with Gasteiger partial charge < -0.3 is 10.2 Å². The summed E-state index contributed by atoms with van der Waals surface area (Å²) in [6.45, 7) is 6.05. The molecule has 0 radical (unpaired) electrons. The van der Waals surface area contributed by atoms with Crippen LogP contribution in [0.4, 0.5) is 5.69 Å². The van der Waals surface area contributed by atoms with Crippen LogP contribution in [-0.2, 0) is 6.42 Å². The van der Waals surface area contributed by atoms with Gasteiger partial charge in [0.25, 0.3) is 0 Å². The van der Waals surface area contributed by atoms with Gasteiger partial charge in [-0.2, -0.15) is 0 Å². The molecule has 0 unspecified atom stereocenters. The average Bonchev–Trinajstić information content (AvgIpc) is 2.51. The standard InChI is InChI=1S/C19H30N2/c1-16-9-11-19(12-10-16,14-20-2)15-21-13-5-7-17-6-3-4-8-18(17)21/h3-4,6,8,16,20H,5,7,9-15H2,1-2H3. The zero-order valence-electron chi connectivity index (χ0n) is 13.7. The molecule has 0 amide bonds. The summed E-state index contributed by atoms with van der Waals surface area (Å²) in [5.41, 5.74) is 3.52. The first-order valence-electron chi connectivity index (χ1n) is 8.70. The third-order valence-corrected chi connectivity index (χ3v) is 5.62. The van der Waals surface area contributed by atoms with E-state index in [-0.39, 0.29) is 0 Å². The second-order valence-corrected chi connectivity index (χ2v) is 7.37. The molecule has 1 saturated carbocycles. The lowest BCUT2D eigenvalue weighted by atomic mass is 9.70. The first-order chi connectivity index (χ1) is 10.2. The Balaban J connectivity index is 1.78. The quantitative estimate of drug-likeness (QED) is 0.904. The van der Waals surface area contributed by atoms with Crippen LogP contribution < -0.4 is 10.2 Å². The van der Waals surface area contributed by atoms with Gasteiger partial charge in [-0.1, -0.05) is 38.0 Å². The van der Waals surface area contributed by atoms with Crippen molar-refractivity contribution in [1.29, 1.82) is 0 Å². The second-order valence-electron chi connectivity index (χ2n) is 7.37. The van der Waals surface area contributed by atoms with E-state index in [1.54, 1.807) is 5.56 Å². The van der Waals surface area contributed by atoms with Gasteiger partial charge in [-0.05, 0) is 50.3 Å². The summed E-state index contributed by atoms with van der Waals surface area (Å²) in [4.78, 5) is 2.67. The number of hydrogen-bond acceptors (Lipinski definition) is 2. The molecule has 1 aromatic carbocycles. The number of para-hydroxylation sites is 1. The van der Waals surface area contributed by atoms with E-state index in [2.05, 4.69) is 48.5 Å². The molecule has 2 aliphatic rings. The van der Waals surface area contributed by atoms with Crippen molar-refractivity contribution in [2.24, 2.45) is 11.3 Å². The smallest absolute Gasteiger partial charge is 0.0398 e. The molecule has 2 heteroatoms. The first-order valence-corrected chi connectivity index (χ1v) is 8.70. The minimum Gasteiger partial charge on any atom is -0.371 e. The maximum Gasteiger partial charge on any atom is 0.0398 e. The van der Waals surface area contributed by atoms with E-state index >= 15 is 0 Å². The molecule has 0 aromatic heterocycles. The van der Waals surface area contributed by atoms with Gasteiger partial charge in [0.1, 0.15) is 0 Å². The first kappa shape index (κ1) is 14.9. The van der Waals surface area contributed by atoms with E-state index in [4.69, 9.17) is 0 Å². The van der Waals surface area contributed by atoms with Crippen molar-refractivity contribution in [3.05, 3.63) is 29.8 Å². The van der Waals surface area contributed by atoms with Gasteiger partial charge in [-0.25, -0.2) is 0 Å². The molecule has 1 N–H and O–H groups in total. The fourth-order valence-electron chi connectivity index (χ4n) is 4.32. The summed E-state index contributed by atoms with van der Waals surface area (Å²) in [6, 6.07) is 9.03. The number of anilines is 1. The van der Waals surface area contributed by atoms with E-state index in [1.165, 1.54) is 63.8 Å². The number of nitrogens with one attached hydrogen (secondary N) is 1. The molecule has 1 fully saturated rings. The average molecular weight is 286 g/mol. The molecule has 1 aliphatic carbocycles. The van der Waals surface area contributed by atoms with Gasteiger partial charge >= 0.3 is 0 Å². The van der Waals surface area contributed by atoms with Crippen LogP contribution in [0.5, 0.6) is 0 Å². The summed E-state index contributed by atoms with van der Waals surface area (Å²) in [6.07, 6.45) is 8.13. The molecule has 21 heavy (non-hydrogen) atoms. The molecule has 1 aromatic rings. The molecule has 2 nitrogen and oxygen atoms in total. The third-order valence-electron chi connectivity index (χ3n) is 5.62. The summed E-state index contributed by atoms with van der Waals surface area (Å²) >= 11 is 0. The molecule has 0 spiro atoms. The predicted molar refractivity (Wildman–Crippen MR) is 91.0 cm³/mol. The van der Waals surface area contributed by atoms with Gasteiger partial charge in [-0.3, -0.25) is 0 Å². The number of aryl methyl sites for hydroxylation is 1. The lowest BCUT2D eigenvalue weighted by Gasteiger charge is -2.45. The Hall–Kier alpha value is -1.02. The molecular formula is C19H30N2. The fourth-order valence-corrected chi connectivity index (χ4v) is 4.32. The van der Waals surface area contributed by atoms with Crippen LogP contribution in [0.3, 0.4) is 0 Å². The number of rotatable bonds is 4. The van der Waals surface area contributed by atoms with Crippen LogP contribution in [0.2, 0.25) is 0 Å². The Labute approximate surface area is 129 Å². The minimum absolute atomic E-state index is 0.478. The Morgan fingerprint density at radius 1 is 1.24 bits per heavy atom. The number of fused-ring (bicyclic) bond motifs is 1. The van der Waals surface area contributed by atoms with Gasteiger partial charge in [0.15, 0.2) is 0 Å². The predicted octanol–water partition coefficient (Wildman–Crippen LogP) is 3.86.